The van der Waals surface area contributed by atoms with Crippen LogP contribution in [0.4, 0.5) is 0 Å². The number of likely N-dealkylation sites (tertiary alicyclic amines) is 1. The van der Waals surface area contributed by atoms with Gasteiger partial charge >= 0.3 is 0 Å². The van der Waals surface area contributed by atoms with Gasteiger partial charge in [-0.1, -0.05) is 28.1 Å². The molecule has 0 amide bonds. The second-order valence-corrected chi connectivity index (χ2v) is 5.86. The second-order valence-electron chi connectivity index (χ2n) is 4.94. The molecule has 1 aromatic rings. The maximum atomic E-state index is 3.57. The monoisotopic (exact) mass is 296 g/mol. The van der Waals surface area contributed by atoms with E-state index in [1.54, 1.807) is 0 Å². The highest BCUT2D eigenvalue weighted by molar-refractivity contribution is 9.10. The van der Waals surface area contributed by atoms with Crippen molar-refractivity contribution in [1.29, 1.82) is 0 Å². The van der Waals surface area contributed by atoms with Crippen molar-refractivity contribution >= 4 is 15.9 Å². The van der Waals surface area contributed by atoms with Crippen LogP contribution in [0.2, 0.25) is 0 Å². The van der Waals surface area contributed by atoms with Crippen LogP contribution in [0.15, 0.2) is 28.7 Å². The number of rotatable bonds is 3. The van der Waals surface area contributed by atoms with Gasteiger partial charge in [-0.05, 0) is 63.6 Å². The average Bonchev–Trinajstić information content (AvgIpc) is 2.29. The molecule has 1 heterocycles. The van der Waals surface area contributed by atoms with Crippen LogP contribution in [0.25, 0.3) is 0 Å². The lowest BCUT2D eigenvalue weighted by atomic mass is 9.85. The maximum absolute atomic E-state index is 3.57. The highest BCUT2D eigenvalue weighted by Crippen LogP contribution is 2.35. The summed E-state index contributed by atoms with van der Waals surface area (Å²) in [6.07, 6.45) is 2.63. The fourth-order valence-electron chi connectivity index (χ4n) is 2.95. The Morgan fingerprint density at radius 3 is 3.00 bits per heavy atom. The van der Waals surface area contributed by atoms with Crippen molar-refractivity contribution in [1.82, 2.24) is 10.2 Å². The average molecular weight is 297 g/mol. The minimum absolute atomic E-state index is 0.550. The summed E-state index contributed by atoms with van der Waals surface area (Å²) in [5.41, 5.74) is 1.43. The Balaban J connectivity index is 2.24. The topological polar surface area (TPSA) is 15.3 Å². The molecule has 3 heteroatoms. The molecule has 0 radical (unpaired) electrons. The zero-order valence-electron chi connectivity index (χ0n) is 10.6. The van der Waals surface area contributed by atoms with Crippen molar-refractivity contribution < 1.29 is 0 Å². The Labute approximate surface area is 113 Å². The van der Waals surface area contributed by atoms with Crippen molar-refractivity contribution in [2.75, 3.05) is 27.2 Å². The van der Waals surface area contributed by atoms with Crippen LogP contribution in [-0.4, -0.2) is 32.1 Å². The summed E-state index contributed by atoms with van der Waals surface area (Å²) < 4.78 is 1.18. The highest BCUT2D eigenvalue weighted by atomic mass is 79.9. The molecule has 2 nitrogen and oxygen atoms in total. The first kappa shape index (κ1) is 13.1. The first-order valence-corrected chi connectivity index (χ1v) is 7.12. The molecule has 1 N–H and O–H groups in total. The maximum Gasteiger partial charge on any atom is 0.0385 e. The third-order valence-electron chi connectivity index (χ3n) is 3.66. The summed E-state index contributed by atoms with van der Waals surface area (Å²) in [6, 6.07) is 9.29. The molecule has 1 saturated heterocycles. The Morgan fingerprint density at radius 2 is 2.29 bits per heavy atom. The zero-order chi connectivity index (χ0) is 12.3. The largest absolute Gasteiger partial charge is 0.319 e. The van der Waals surface area contributed by atoms with Gasteiger partial charge in [0, 0.05) is 10.5 Å². The molecule has 0 bridgehead atoms. The summed E-state index contributed by atoms with van der Waals surface area (Å²) in [5, 5.41) is 3.33. The van der Waals surface area contributed by atoms with Gasteiger partial charge in [-0.15, -0.1) is 0 Å². The van der Waals surface area contributed by atoms with Gasteiger partial charge in [-0.2, -0.15) is 0 Å². The van der Waals surface area contributed by atoms with E-state index in [0.29, 0.717) is 12.0 Å². The number of piperidine rings is 1. The lowest BCUT2D eigenvalue weighted by Crippen LogP contribution is -2.39. The SMILES string of the molecule is CNCC1CCCN(C)C1c1cccc(Br)c1. The van der Waals surface area contributed by atoms with Gasteiger partial charge in [0.25, 0.3) is 0 Å². The first-order valence-electron chi connectivity index (χ1n) is 6.32. The van der Waals surface area contributed by atoms with E-state index in [2.05, 4.69) is 57.5 Å². The molecule has 17 heavy (non-hydrogen) atoms. The second kappa shape index (κ2) is 5.98. The van der Waals surface area contributed by atoms with Gasteiger partial charge in [0.15, 0.2) is 0 Å². The number of benzene rings is 1. The van der Waals surface area contributed by atoms with Crippen LogP contribution in [0.3, 0.4) is 0 Å². The predicted molar refractivity (Wildman–Crippen MR) is 76.2 cm³/mol. The van der Waals surface area contributed by atoms with Crippen LogP contribution in [-0.2, 0) is 0 Å². The molecule has 1 fully saturated rings. The molecule has 2 atom stereocenters. The molecular weight excluding hydrogens is 276 g/mol. The molecule has 2 unspecified atom stereocenters. The fraction of sp³-hybridized carbons (Fsp3) is 0.571. The normalized spacial score (nSPS) is 26.1. The molecule has 1 aliphatic heterocycles. The number of nitrogens with zero attached hydrogens (tertiary/aromatic N) is 1. The summed E-state index contributed by atoms with van der Waals surface area (Å²) in [7, 11) is 4.29. The first-order chi connectivity index (χ1) is 8.22. The standard InChI is InChI=1S/C14H21BrN2/c1-16-10-12-6-4-8-17(2)14(12)11-5-3-7-13(15)9-11/h3,5,7,9,12,14,16H,4,6,8,10H2,1-2H3. The van der Waals surface area contributed by atoms with E-state index in [4.69, 9.17) is 0 Å². The Kier molecular flexibility index (Phi) is 4.60. The van der Waals surface area contributed by atoms with E-state index in [1.165, 1.54) is 29.4 Å². The summed E-state index contributed by atoms with van der Waals surface area (Å²) in [5.74, 6) is 0.716. The summed E-state index contributed by atoms with van der Waals surface area (Å²) in [4.78, 5) is 2.49. The predicted octanol–water partition coefficient (Wildman–Crippen LogP) is 3.05. The number of hydrogen-bond donors (Lipinski definition) is 1. The Bertz CT molecular complexity index is 365. The van der Waals surface area contributed by atoms with Crippen molar-refractivity contribution in [3.8, 4) is 0 Å². The molecule has 0 spiro atoms. The molecule has 1 aliphatic rings. The van der Waals surface area contributed by atoms with Crippen molar-refractivity contribution in [3.05, 3.63) is 34.3 Å². The van der Waals surface area contributed by atoms with E-state index in [0.717, 1.165) is 6.54 Å². The third kappa shape index (κ3) is 3.09. The fourth-order valence-corrected chi connectivity index (χ4v) is 3.37. The van der Waals surface area contributed by atoms with Gasteiger partial charge in [0.1, 0.15) is 0 Å². The van der Waals surface area contributed by atoms with Crippen molar-refractivity contribution in [2.45, 2.75) is 18.9 Å². The minimum Gasteiger partial charge on any atom is -0.319 e. The van der Waals surface area contributed by atoms with Crippen LogP contribution < -0.4 is 5.32 Å². The Hall–Kier alpha value is -0.380. The van der Waals surface area contributed by atoms with Gasteiger partial charge in [0.2, 0.25) is 0 Å². The number of nitrogens with one attached hydrogen (secondary N) is 1. The van der Waals surface area contributed by atoms with Gasteiger partial charge in [-0.25, -0.2) is 0 Å². The summed E-state index contributed by atoms with van der Waals surface area (Å²) >= 11 is 3.57. The lowest BCUT2D eigenvalue weighted by molar-refractivity contribution is 0.121. The van der Waals surface area contributed by atoms with Crippen molar-refractivity contribution in [3.63, 3.8) is 0 Å². The van der Waals surface area contributed by atoms with Crippen LogP contribution in [0.1, 0.15) is 24.4 Å². The molecule has 2 rings (SSSR count). The molecule has 94 valence electrons. The van der Waals surface area contributed by atoms with Crippen LogP contribution in [0.5, 0.6) is 0 Å². The zero-order valence-corrected chi connectivity index (χ0v) is 12.2. The van der Waals surface area contributed by atoms with E-state index in [9.17, 15) is 0 Å². The highest BCUT2D eigenvalue weighted by Gasteiger charge is 2.29. The minimum atomic E-state index is 0.550. The van der Waals surface area contributed by atoms with E-state index in [-0.39, 0.29) is 0 Å². The van der Waals surface area contributed by atoms with E-state index < -0.39 is 0 Å². The summed E-state index contributed by atoms with van der Waals surface area (Å²) in [6.45, 7) is 2.30. The molecule has 0 saturated carbocycles. The van der Waals surface area contributed by atoms with Crippen molar-refractivity contribution in [2.24, 2.45) is 5.92 Å². The van der Waals surface area contributed by atoms with E-state index in [1.807, 2.05) is 7.05 Å². The number of halogens is 1. The van der Waals surface area contributed by atoms with E-state index >= 15 is 0 Å². The lowest BCUT2D eigenvalue weighted by Gasteiger charge is -2.39. The molecule has 0 aliphatic carbocycles. The van der Waals surface area contributed by atoms with Gasteiger partial charge < -0.3 is 5.32 Å². The van der Waals surface area contributed by atoms with Crippen LogP contribution >= 0.6 is 15.9 Å². The molecular formula is C14H21BrN2. The van der Waals surface area contributed by atoms with Crippen LogP contribution in [0, 0.1) is 5.92 Å². The Morgan fingerprint density at radius 1 is 1.47 bits per heavy atom. The smallest absolute Gasteiger partial charge is 0.0385 e. The number of hydrogen-bond acceptors (Lipinski definition) is 2. The molecule has 0 aromatic heterocycles. The quantitative estimate of drug-likeness (QED) is 0.922. The van der Waals surface area contributed by atoms with Gasteiger partial charge in [-0.3, -0.25) is 4.90 Å². The van der Waals surface area contributed by atoms with Gasteiger partial charge in [0.05, 0.1) is 0 Å². The third-order valence-corrected chi connectivity index (χ3v) is 4.16. The molecule has 1 aromatic carbocycles.